The fourth-order valence-corrected chi connectivity index (χ4v) is 12.1. The van der Waals surface area contributed by atoms with Crippen LogP contribution in [-0.4, -0.2) is 145 Å². The number of hydrogen-bond acceptors (Lipinski definition) is 12. The molecule has 17 nitrogen and oxygen atoms in total. The number of piperidine rings is 5. The van der Waals surface area contributed by atoms with Crippen LogP contribution in [0, 0.1) is 5.92 Å². The van der Waals surface area contributed by atoms with Crippen LogP contribution in [0.3, 0.4) is 0 Å². The Hall–Kier alpha value is -6.72. The fourth-order valence-electron chi connectivity index (χ4n) is 12.1. The molecule has 370 valence electrons. The van der Waals surface area contributed by atoms with Gasteiger partial charge in [-0.05, 0) is 163 Å². The summed E-state index contributed by atoms with van der Waals surface area (Å²) in [6.45, 7) is 8.11. The van der Waals surface area contributed by atoms with E-state index in [1.165, 1.54) is 12.7 Å². The van der Waals surface area contributed by atoms with E-state index in [4.69, 9.17) is 20.6 Å². The molecule has 0 spiro atoms. The van der Waals surface area contributed by atoms with Gasteiger partial charge >= 0.3 is 6.03 Å². The number of nitrogens with zero attached hydrogens (tertiary/aromatic N) is 9. The van der Waals surface area contributed by atoms with Crippen LogP contribution in [0.5, 0.6) is 11.5 Å². The predicted molar refractivity (Wildman–Crippen MR) is 267 cm³/mol. The molecule has 6 aliphatic heterocycles. The molecule has 8 heterocycles. The number of rotatable bonds is 11. The number of aromatic nitrogens is 4. The van der Waals surface area contributed by atoms with Gasteiger partial charge in [-0.2, -0.15) is 5.10 Å². The molecule has 5 saturated heterocycles. The van der Waals surface area contributed by atoms with Gasteiger partial charge in [-0.3, -0.25) is 34.3 Å². The number of anilines is 1. The number of carbonyl (C=O) groups excluding carboxylic acids is 5. The Morgan fingerprint density at radius 1 is 0.732 bits per heavy atom. The zero-order chi connectivity index (χ0) is 48.6. The van der Waals surface area contributed by atoms with Crippen molar-refractivity contribution in [1.29, 1.82) is 0 Å². The van der Waals surface area contributed by atoms with Gasteiger partial charge in [0.1, 0.15) is 35.4 Å². The Bertz CT molecular complexity index is 2800. The standard InChI is InChI=1S/C54H63N11O6/c55-49-47-48(37-10-13-42(14-11-37)71-41-8-2-1-3-9-41)59-65(50(47)57-34-56-49)40-7-5-25-63(33-40)39-22-30-62(31-23-39)54(70)61-28-18-35(19-29-61)6-4-24-60-26-20-36(21-27-60)38-12-15-43-44(32-38)53(69)64(52(43)68)45-16-17-46(66)58-51(45)67/h1-3,8-15,32,34-36,39-40,45H,4-7,16-31,33H2,(H2,55,56,57)(H,58,66,67). The molecule has 17 heteroatoms. The molecule has 0 bridgehead atoms. The van der Waals surface area contributed by atoms with E-state index in [9.17, 15) is 24.0 Å². The molecule has 71 heavy (non-hydrogen) atoms. The fraction of sp³-hybridized carbons (Fsp3) is 0.481. The summed E-state index contributed by atoms with van der Waals surface area (Å²) in [5.74, 6) is 0.971. The summed E-state index contributed by atoms with van der Waals surface area (Å²) < 4.78 is 8.12. The van der Waals surface area contributed by atoms with Crippen molar-refractivity contribution in [2.75, 3.05) is 64.6 Å². The van der Waals surface area contributed by atoms with E-state index >= 15 is 0 Å². The van der Waals surface area contributed by atoms with Gasteiger partial charge in [-0.1, -0.05) is 24.3 Å². The Kier molecular flexibility index (Phi) is 13.3. The molecule has 3 aromatic carbocycles. The van der Waals surface area contributed by atoms with Gasteiger partial charge < -0.3 is 25.2 Å². The first-order valence-corrected chi connectivity index (χ1v) is 25.8. The second-order valence-corrected chi connectivity index (χ2v) is 20.4. The molecular weight excluding hydrogens is 899 g/mol. The highest BCUT2D eigenvalue weighted by Crippen LogP contribution is 2.37. The van der Waals surface area contributed by atoms with Crippen molar-refractivity contribution in [2.24, 2.45) is 5.92 Å². The normalized spacial score (nSPS) is 22.3. The highest BCUT2D eigenvalue weighted by molar-refractivity contribution is 6.23. The lowest BCUT2D eigenvalue weighted by Gasteiger charge is -2.43. The zero-order valence-electron chi connectivity index (χ0n) is 40.3. The average molecular weight is 962 g/mol. The van der Waals surface area contributed by atoms with Crippen LogP contribution >= 0.6 is 0 Å². The molecule has 5 aromatic rings. The first-order valence-electron chi connectivity index (χ1n) is 25.8. The lowest BCUT2D eigenvalue weighted by atomic mass is 9.87. The number of likely N-dealkylation sites (tertiary alicyclic amines) is 4. The summed E-state index contributed by atoms with van der Waals surface area (Å²) in [7, 11) is 0. The van der Waals surface area contributed by atoms with E-state index in [0.717, 1.165) is 161 Å². The number of imide groups is 2. The molecule has 2 aromatic heterocycles. The van der Waals surface area contributed by atoms with Crippen molar-refractivity contribution < 1.29 is 28.7 Å². The van der Waals surface area contributed by atoms with Crippen LogP contribution in [0.1, 0.15) is 115 Å². The Morgan fingerprint density at radius 2 is 1.45 bits per heavy atom. The summed E-state index contributed by atoms with van der Waals surface area (Å²) in [4.78, 5) is 84.0. The van der Waals surface area contributed by atoms with E-state index in [1.807, 2.05) is 66.7 Å². The maximum Gasteiger partial charge on any atom is 0.319 e. The quantitative estimate of drug-likeness (QED) is 0.131. The lowest BCUT2D eigenvalue weighted by molar-refractivity contribution is -0.136. The van der Waals surface area contributed by atoms with Gasteiger partial charge in [0.25, 0.3) is 11.8 Å². The minimum atomic E-state index is -0.957. The predicted octanol–water partition coefficient (Wildman–Crippen LogP) is 6.86. The highest BCUT2D eigenvalue weighted by atomic mass is 16.5. The van der Waals surface area contributed by atoms with Crippen LogP contribution in [0.25, 0.3) is 22.3 Å². The smallest absolute Gasteiger partial charge is 0.319 e. The number of hydrogen-bond donors (Lipinski definition) is 2. The molecule has 2 atom stereocenters. The van der Waals surface area contributed by atoms with E-state index in [2.05, 4.69) is 34.6 Å². The molecule has 11 rings (SSSR count). The molecule has 5 fully saturated rings. The summed E-state index contributed by atoms with van der Waals surface area (Å²) >= 11 is 0. The van der Waals surface area contributed by atoms with E-state index in [0.29, 0.717) is 34.8 Å². The number of urea groups is 1. The molecule has 3 N–H and O–H groups in total. The SMILES string of the molecule is Nc1ncnc2c1c(-c1ccc(Oc3ccccc3)cc1)nn2C1CCCN(C2CCN(C(=O)N3CCC(CCCN4CCC(c5ccc6c(c5)C(=O)N(C5CCC(=O)NC5=O)C6=O)CC4)CC3)CC2)C1. The van der Waals surface area contributed by atoms with Crippen LogP contribution in [0.2, 0.25) is 0 Å². The van der Waals surface area contributed by atoms with Crippen LogP contribution in [0.15, 0.2) is 79.1 Å². The maximum atomic E-state index is 13.8. The van der Waals surface area contributed by atoms with Crippen molar-refractivity contribution in [3.63, 3.8) is 0 Å². The number of nitrogens with two attached hydrogens (primary N) is 1. The van der Waals surface area contributed by atoms with Crippen LogP contribution < -0.4 is 15.8 Å². The molecule has 0 saturated carbocycles. The van der Waals surface area contributed by atoms with Crippen LogP contribution in [-0.2, 0) is 9.59 Å². The van der Waals surface area contributed by atoms with E-state index in [1.54, 1.807) is 6.07 Å². The van der Waals surface area contributed by atoms with Crippen molar-refractivity contribution in [3.05, 3.63) is 95.8 Å². The second-order valence-electron chi connectivity index (χ2n) is 20.4. The topological polar surface area (TPSA) is 192 Å². The molecule has 6 aliphatic rings. The minimum absolute atomic E-state index is 0.103. The minimum Gasteiger partial charge on any atom is -0.457 e. The number of carbonyl (C=O) groups is 5. The van der Waals surface area contributed by atoms with Gasteiger partial charge in [0.15, 0.2) is 5.65 Å². The molecule has 0 radical (unpaired) electrons. The Morgan fingerprint density at radius 3 is 2.20 bits per heavy atom. The lowest BCUT2D eigenvalue weighted by Crippen LogP contribution is -2.54. The highest BCUT2D eigenvalue weighted by Gasteiger charge is 2.45. The zero-order valence-corrected chi connectivity index (χ0v) is 40.3. The van der Waals surface area contributed by atoms with Gasteiger partial charge in [0.05, 0.1) is 22.6 Å². The second kappa shape index (κ2) is 20.2. The summed E-state index contributed by atoms with van der Waals surface area (Å²) in [5, 5.41) is 8.21. The van der Waals surface area contributed by atoms with Crippen LogP contribution in [0.4, 0.5) is 10.6 Å². The Balaban J connectivity index is 0.611. The largest absolute Gasteiger partial charge is 0.457 e. The first-order chi connectivity index (χ1) is 34.6. The molecule has 2 unspecified atom stereocenters. The van der Waals surface area contributed by atoms with Gasteiger partial charge in [0.2, 0.25) is 11.8 Å². The Labute approximate surface area is 413 Å². The summed E-state index contributed by atoms with van der Waals surface area (Å²) in [5.41, 5.74) is 10.7. The number of para-hydroxylation sites is 1. The monoisotopic (exact) mass is 961 g/mol. The third kappa shape index (κ3) is 9.61. The first kappa shape index (κ1) is 46.7. The average Bonchev–Trinajstić information content (AvgIpc) is 3.92. The van der Waals surface area contributed by atoms with Gasteiger partial charge in [-0.15, -0.1) is 0 Å². The number of nitrogens with one attached hydrogen (secondary N) is 1. The number of amides is 6. The summed E-state index contributed by atoms with van der Waals surface area (Å²) in [6.07, 6.45) is 12.1. The molecular formula is C54H63N11O6. The van der Waals surface area contributed by atoms with E-state index in [-0.39, 0.29) is 30.8 Å². The van der Waals surface area contributed by atoms with Crippen molar-refractivity contribution >= 4 is 46.5 Å². The maximum absolute atomic E-state index is 13.8. The van der Waals surface area contributed by atoms with Gasteiger partial charge in [0, 0.05) is 50.7 Å². The third-order valence-electron chi connectivity index (χ3n) is 16.1. The number of benzene rings is 3. The summed E-state index contributed by atoms with van der Waals surface area (Å²) in [6, 6.07) is 23.0. The van der Waals surface area contributed by atoms with Crippen molar-refractivity contribution in [2.45, 2.75) is 101 Å². The molecule has 6 amide bonds. The molecule has 0 aliphatic carbocycles. The number of fused-ring (bicyclic) bond motifs is 2. The van der Waals surface area contributed by atoms with Crippen molar-refractivity contribution in [1.82, 2.24) is 49.6 Å². The van der Waals surface area contributed by atoms with Crippen molar-refractivity contribution in [3.8, 4) is 22.8 Å². The van der Waals surface area contributed by atoms with Gasteiger partial charge in [-0.25, -0.2) is 19.4 Å². The van der Waals surface area contributed by atoms with E-state index < -0.39 is 23.8 Å². The number of nitrogen functional groups attached to an aromatic ring is 1. The number of ether oxygens (including phenoxy) is 1. The third-order valence-corrected chi connectivity index (χ3v) is 16.1.